The molecule has 1 aromatic carbocycles. The molecule has 2 N–H and O–H groups in total. The molecule has 2 unspecified atom stereocenters. The standard InChI is InChI=1S/C15H22ClN/c1-15(2)7-6-14(17)12(10-15)8-11-4-3-5-13(16)9-11/h3-5,9,12,14H,6-8,10,17H2,1-2H3. The van der Waals surface area contributed by atoms with Gasteiger partial charge in [0.15, 0.2) is 0 Å². The van der Waals surface area contributed by atoms with Crippen LogP contribution < -0.4 is 5.73 Å². The largest absolute Gasteiger partial charge is 0.327 e. The summed E-state index contributed by atoms with van der Waals surface area (Å²) in [5.74, 6) is 0.595. The van der Waals surface area contributed by atoms with E-state index in [-0.39, 0.29) is 0 Å². The molecule has 0 aliphatic heterocycles. The first-order valence-corrected chi connectivity index (χ1v) is 6.84. The van der Waals surface area contributed by atoms with Crippen LogP contribution in [0.5, 0.6) is 0 Å². The Labute approximate surface area is 109 Å². The quantitative estimate of drug-likeness (QED) is 0.844. The van der Waals surface area contributed by atoms with Crippen LogP contribution in [0.15, 0.2) is 24.3 Å². The Hall–Kier alpha value is -0.530. The fourth-order valence-corrected chi connectivity index (χ4v) is 3.16. The van der Waals surface area contributed by atoms with Crippen molar-refractivity contribution in [3.63, 3.8) is 0 Å². The van der Waals surface area contributed by atoms with Gasteiger partial charge in [0.2, 0.25) is 0 Å². The van der Waals surface area contributed by atoms with Gasteiger partial charge in [-0.05, 0) is 54.7 Å². The van der Waals surface area contributed by atoms with E-state index in [0.29, 0.717) is 17.4 Å². The van der Waals surface area contributed by atoms with Crippen molar-refractivity contribution in [3.8, 4) is 0 Å². The minimum atomic E-state index is 0.349. The topological polar surface area (TPSA) is 26.0 Å². The summed E-state index contributed by atoms with van der Waals surface area (Å²) in [4.78, 5) is 0. The Morgan fingerprint density at radius 3 is 2.88 bits per heavy atom. The summed E-state index contributed by atoms with van der Waals surface area (Å²) >= 11 is 6.02. The van der Waals surface area contributed by atoms with Gasteiger partial charge in [0.1, 0.15) is 0 Å². The maximum absolute atomic E-state index is 6.25. The second kappa shape index (κ2) is 4.99. The van der Waals surface area contributed by atoms with E-state index in [1.54, 1.807) is 0 Å². The van der Waals surface area contributed by atoms with E-state index >= 15 is 0 Å². The summed E-state index contributed by atoms with van der Waals surface area (Å²) in [5, 5.41) is 0.825. The average molecular weight is 252 g/mol. The van der Waals surface area contributed by atoms with Crippen molar-refractivity contribution >= 4 is 11.6 Å². The van der Waals surface area contributed by atoms with Crippen molar-refractivity contribution in [3.05, 3.63) is 34.9 Å². The lowest BCUT2D eigenvalue weighted by Gasteiger charge is -2.39. The first-order valence-electron chi connectivity index (χ1n) is 6.46. The van der Waals surface area contributed by atoms with Crippen LogP contribution in [0.2, 0.25) is 5.02 Å². The smallest absolute Gasteiger partial charge is 0.0408 e. The Morgan fingerprint density at radius 1 is 1.41 bits per heavy atom. The molecule has 0 bridgehead atoms. The highest BCUT2D eigenvalue weighted by Gasteiger charge is 2.32. The summed E-state index contributed by atoms with van der Waals surface area (Å²) in [6.45, 7) is 4.70. The molecule has 2 rings (SSSR count). The second-order valence-corrected chi connectivity index (χ2v) is 6.60. The highest BCUT2D eigenvalue weighted by Crippen LogP contribution is 2.39. The van der Waals surface area contributed by atoms with E-state index < -0.39 is 0 Å². The van der Waals surface area contributed by atoms with Gasteiger partial charge >= 0.3 is 0 Å². The average Bonchev–Trinajstić information content (AvgIpc) is 2.23. The molecule has 94 valence electrons. The zero-order valence-electron chi connectivity index (χ0n) is 10.7. The van der Waals surface area contributed by atoms with Gasteiger partial charge < -0.3 is 5.73 Å². The Bertz CT molecular complexity index is 386. The molecule has 0 amide bonds. The third kappa shape index (κ3) is 3.46. The number of rotatable bonds is 2. The SMILES string of the molecule is CC1(C)CCC(N)C(Cc2cccc(Cl)c2)C1. The van der Waals surface area contributed by atoms with Crippen LogP contribution >= 0.6 is 11.6 Å². The molecule has 0 radical (unpaired) electrons. The fourth-order valence-electron chi connectivity index (χ4n) is 2.95. The highest BCUT2D eigenvalue weighted by molar-refractivity contribution is 6.30. The summed E-state index contributed by atoms with van der Waals surface area (Å²) in [6.07, 6.45) is 4.68. The number of hydrogen-bond acceptors (Lipinski definition) is 1. The highest BCUT2D eigenvalue weighted by atomic mass is 35.5. The van der Waals surface area contributed by atoms with E-state index in [2.05, 4.69) is 26.0 Å². The summed E-state index contributed by atoms with van der Waals surface area (Å²) < 4.78 is 0. The van der Waals surface area contributed by atoms with E-state index in [1.807, 2.05) is 12.1 Å². The second-order valence-electron chi connectivity index (χ2n) is 6.16. The lowest BCUT2D eigenvalue weighted by molar-refractivity contribution is 0.157. The van der Waals surface area contributed by atoms with Crippen molar-refractivity contribution in [2.45, 2.75) is 45.6 Å². The molecule has 0 heterocycles. The van der Waals surface area contributed by atoms with Crippen molar-refractivity contribution in [1.29, 1.82) is 0 Å². The first kappa shape index (κ1) is 12.9. The minimum absolute atomic E-state index is 0.349. The van der Waals surface area contributed by atoms with Crippen molar-refractivity contribution in [2.24, 2.45) is 17.1 Å². The predicted molar refractivity (Wildman–Crippen MR) is 74.3 cm³/mol. The van der Waals surface area contributed by atoms with E-state index in [4.69, 9.17) is 17.3 Å². The molecule has 1 aromatic rings. The van der Waals surface area contributed by atoms with E-state index in [0.717, 1.165) is 17.9 Å². The lowest BCUT2D eigenvalue weighted by Crippen LogP contribution is -2.40. The van der Waals surface area contributed by atoms with Gasteiger partial charge in [0.05, 0.1) is 0 Å². The molecule has 1 aliphatic rings. The molecule has 17 heavy (non-hydrogen) atoms. The van der Waals surface area contributed by atoms with Crippen LogP contribution in [0.25, 0.3) is 0 Å². The number of hydrogen-bond donors (Lipinski definition) is 1. The zero-order chi connectivity index (χ0) is 12.5. The first-order chi connectivity index (χ1) is 7.96. The molecule has 1 aliphatic carbocycles. The Morgan fingerprint density at radius 2 is 2.18 bits per heavy atom. The van der Waals surface area contributed by atoms with E-state index in [9.17, 15) is 0 Å². The number of benzene rings is 1. The van der Waals surface area contributed by atoms with Crippen LogP contribution in [0.1, 0.15) is 38.7 Å². The Kier molecular flexibility index (Phi) is 3.79. The van der Waals surface area contributed by atoms with Crippen molar-refractivity contribution in [1.82, 2.24) is 0 Å². The number of nitrogens with two attached hydrogens (primary N) is 1. The van der Waals surface area contributed by atoms with E-state index in [1.165, 1.54) is 18.4 Å². The molecule has 0 spiro atoms. The molecule has 2 atom stereocenters. The van der Waals surface area contributed by atoms with Gasteiger partial charge in [-0.1, -0.05) is 37.6 Å². The molecular weight excluding hydrogens is 230 g/mol. The molecule has 1 saturated carbocycles. The molecule has 2 heteroatoms. The van der Waals surface area contributed by atoms with Crippen LogP contribution in [0, 0.1) is 11.3 Å². The normalized spacial score (nSPS) is 28.0. The molecule has 1 nitrogen and oxygen atoms in total. The summed E-state index contributed by atoms with van der Waals surface area (Å²) in [5.41, 5.74) is 8.01. The number of halogens is 1. The molecule has 1 fully saturated rings. The summed E-state index contributed by atoms with van der Waals surface area (Å²) in [6, 6.07) is 8.52. The predicted octanol–water partition coefficient (Wildman–Crippen LogP) is 4.04. The fraction of sp³-hybridized carbons (Fsp3) is 0.600. The van der Waals surface area contributed by atoms with Gasteiger partial charge in [-0.25, -0.2) is 0 Å². The summed E-state index contributed by atoms with van der Waals surface area (Å²) in [7, 11) is 0. The molecule has 0 aromatic heterocycles. The van der Waals surface area contributed by atoms with Crippen LogP contribution in [-0.4, -0.2) is 6.04 Å². The van der Waals surface area contributed by atoms with Crippen LogP contribution in [0.3, 0.4) is 0 Å². The van der Waals surface area contributed by atoms with Gasteiger partial charge in [0.25, 0.3) is 0 Å². The monoisotopic (exact) mass is 251 g/mol. The van der Waals surface area contributed by atoms with Gasteiger partial charge in [-0.2, -0.15) is 0 Å². The Balaban J connectivity index is 2.06. The van der Waals surface area contributed by atoms with Crippen LogP contribution in [0.4, 0.5) is 0 Å². The van der Waals surface area contributed by atoms with Gasteiger partial charge in [-0.3, -0.25) is 0 Å². The van der Waals surface area contributed by atoms with Gasteiger partial charge in [0, 0.05) is 11.1 Å². The van der Waals surface area contributed by atoms with Crippen molar-refractivity contribution in [2.75, 3.05) is 0 Å². The minimum Gasteiger partial charge on any atom is -0.327 e. The molecule has 0 saturated heterocycles. The molecular formula is C15H22ClN. The zero-order valence-corrected chi connectivity index (χ0v) is 11.5. The third-order valence-electron chi connectivity index (χ3n) is 3.96. The maximum atomic E-state index is 6.25. The lowest BCUT2D eigenvalue weighted by atomic mass is 9.68. The maximum Gasteiger partial charge on any atom is 0.0408 e. The van der Waals surface area contributed by atoms with Gasteiger partial charge in [-0.15, -0.1) is 0 Å². The van der Waals surface area contributed by atoms with Crippen LogP contribution in [-0.2, 0) is 6.42 Å². The third-order valence-corrected chi connectivity index (χ3v) is 4.20. The van der Waals surface area contributed by atoms with Crippen molar-refractivity contribution < 1.29 is 0 Å².